The average Bonchev–Trinajstić information content (AvgIpc) is 2.84. The molecule has 0 fully saturated rings. The first-order chi connectivity index (χ1) is 16.4. The van der Waals surface area contributed by atoms with Crippen molar-refractivity contribution in [3.8, 4) is 11.1 Å². The number of hydrogen-bond acceptors (Lipinski definition) is 6. The van der Waals surface area contributed by atoms with Crippen LogP contribution in [0, 0.1) is 0 Å². The van der Waals surface area contributed by atoms with Gasteiger partial charge in [-0.2, -0.15) is 4.98 Å². The summed E-state index contributed by atoms with van der Waals surface area (Å²) in [6.07, 6.45) is 4.25. The van der Waals surface area contributed by atoms with Gasteiger partial charge in [0.25, 0.3) is 5.56 Å². The third kappa shape index (κ3) is 5.50. The van der Waals surface area contributed by atoms with Crippen molar-refractivity contribution >= 4 is 17.5 Å². The second-order valence-electron chi connectivity index (χ2n) is 8.55. The fourth-order valence-electron chi connectivity index (χ4n) is 3.86. The summed E-state index contributed by atoms with van der Waals surface area (Å²) < 4.78 is 0. The molecule has 4 aromatic rings. The Morgan fingerprint density at radius 2 is 1.85 bits per heavy atom. The summed E-state index contributed by atoms with van der Waals surface area (Å²) in [5.41, 5.74) is 10.5. The molecule has 7 heteroatoms. The van der Waals surface area contributed by atoms with Crippen LogP contribution in [0.25, 0.3) is 11.1 Å². The van der Waals surface area contributed by atoms with E-state index in [0.717, 1.165) is 29.1 Å². The lowest BCUT2D eigenvalue weighted by Crippen LogP contribution is -2.21. The first-order valence-electron chi connectivity index (χ1n) is 11.4. The minimum atomic E-state index is -0.129. The summed E-state index contributed by atoms with van der Waals surface area (Å²) in [6, 6.07) is 21.8. The van der Waals surface area contributed by atoms with Crippen LogP contribution in [-0.4, -0.2) is 28.0 Å². The average molecular weight is 455 g/mol. The van der Waals surface area contributed by atoms with Crippen LogP contribution in [0.3, 0.4) is 0 Å². The van der Waals surface area contributed by atoms with E-state index >= 15 is 0 Å². The lowest BCUT2D eigenvalue weighted by Gasteiger charge is -2.20. The Hall–Kier alpha value is -3.97. The third-order valence-corrected chi connectivity index (χ3v) is 5.74. The number of nitrogens with one attached hydrogen (secondary N) is 2. The fraction of sp³-hybridized carbons (Fsp3) is 0.222. The van der Waals surface area contributed by atoms with E-state index in [2.05, 4.69) is 40.4 Å². The minimum absolute atomic E-state index is 0.00843. The molecular formula is C27H30N6O. The Balaban J connectivity index is 1.50. The van der Waals surface area contributed by atoms with Gasteiger partial charge in [-0.3, -0.25) is 4.79 Å². The zero-order chi connectivity index (χ0) is 24.1. The fourth-order valence-corrected chi connectivity index (χ4v) is 3.86. The molecule has 0 radical (unpaired) electrons. The molecular weight excluding hydrogens is 424 g/mol. The van der Waals surface area contributed by atoms with E-state index in [1.807, 2.05) is 67.4 Å². The van der Waals surface area contributed by atoms with Crippen molar-refractivity contribution in [3.05, 3.63) is 101 Å². The van der Waals surface area contributed by atoms with E-state index < -0.39 is 0 Å². The molecule has 34 heavy (non-hydrogen) atoms. The molecule has 2 aromatic carbocycles. The first kappa shape index (κ1) is 23.2. The van der Waals surface area contributed by atoms with Gasteiger partial charge in [0, 0.05) is 37.1 Å². The molecule has 1 unspecified atom stereocenters. The second-order valence-corrected chi connectivity index (χ2v) is 8.55. The van der Waals surface area contributed by atoms with Crippen molar-refractivity contribution in [2.75, 3.05) is 17.3 Å². The SMILES string of the molecule is CC(N)c1cccc(C[C@H](C)Nc2nccc(N(C)c3c[nH]c(=O)c(-c4ccccc4)c3)n2)c1. The van der Waals surface area contributed by atoms with Crippen molar-refractivity contribution in [3.63, 3.8) is 0 Å². The van der Waals surface area contributed by atoms with Crippen molar-refractivity contribution < 1.29 is 0 Å². The molecule has 0 saturated heterocycles. The van der Waals surface area contributed by atoms with Crippen LogP contribution in [0.1, 0.15) is 31.0 Å². The lowest BCUT2D eigenvalue weighted by molar-refractivity contribution is 0.768. The Labute approximate surface area is 199 Å². The maximum Gasteiger partial charge on any atom is 0.255 e. The first-order valence-corrected chi connectivity index (χ1v) is 11.4. The molecule has 0 bridgehead atoms. The maximum atomic E-state index is 12.4. The number of nitrogens with zero attached hydrogens (tertiary/aromatic N) is 3. The number of H-pyrrole nitrogens is 1. The Kier molecular flexibility index (Phi) is 7.04. The molecule has 0 spiro atoms. The van der Waals surface area contributed by atoms with Gasteiger partial charge in [0.05, 0.1) is 5.69 Å². The molecule has 0 aliphatic carbocycles. The maximum absolute atomic E-state index is 12.4. The van der Waals surface area contributed by atoms with Gasteiger partial charge in [-0.15, -0.1) is 0 Å². The summed E-state index contributed by atoms with van der Waals surface area (Å²) in [4.78, 5) is 26.2. The smallest absolute Gasteiger partial charge is 0.255 e. The van der Waals surface area contributed by atoms with Crippen LogP contribution in [0.2, 0.25) is 0 Å². The molecule has 0 aliphatic rings. The number of aromatic amines is 1. The summed E-state index contributed by atoms with van der Waals surface area (Å²) in [7, 11) is 1.91. The number of pyridine rings is 1. The molecule has 0 amide bonds. The van der Waals surface area contributed by atoms with E-state index in [1.54, 1.807) is 12.4 Å². The molecule has 4 rings (SSSR count). The van der Waals surface area contributed by atoms with Crippen molar-refractivity contribution in [1.29, 1.82) is 0 Å². The van der Waals surface area contributed by atoms with Crippen molar-refractivity contribution in [2.45, 2.75) is 32.4 Å². The summed E-state index contributed by atoms with van der Waals surface area (Å²) in [5.74, 6) is 1.27. The van der Waals surface area contributed by atoms with Gasteiger partial charge in [0.2, 0.25) is 5.95 Å². The largest absolute Gasteiger partial charge is 0.351 e. The number of nitrogens with two attached hydrogens (primary N) is 1. The molecule has 2 atom stereocenters. The van der Waals surface area contributed by atoms with Gasteiger partial charge >= 0.3 is 0 Å². The van der Waals surface area contributed by atoms with Gasteiger partial charge < -0.3 is 20.9 Å². The molecule has 2 heterocycles. The van der Waals surface area contributed by atoms with E-state index in [4.69, 9.17) is 10.7 Å². The van der Waals surface area contributed by atoms with Crippen LogP contribution < -0.4 is 21.5 Å². The van der Waals surface area contributed by atoms with Crippen LogP contribution in [0.5, 0.6) is 0 Å². The van der Waals surface area contributed by atoms with Gasteiger partial charge in [-0.05, 0) is 49.1 Å². The highest BCUT2D eigenvalue weighted by Gasteiger charge is 2.12. The zero-order valence-electron chi connectivity index (χ0n) is 19.7. The number of benzene rings is 2. The third-order valence-electron chi connectivity index (χ3n) is 5.74. The van der Waals surface area contributed by atoms with Crippen LogP contribution in [0.15, 0.2) is 83.9 Å². The van der Waals surface area contributed by atoms with E-state index in [1.165, 1.54) is 5.56 Å². The predicted octanol–water partition coefficient (Wildman–Crippen LogP) is 4.66. The number of aromatic nitrogens is 3. The second kappa shape index (κ2) is 10.3. The Morgan fingerprint density at radius 3 is 2.62 bits per heavy atom. The summed E-state index contributed by atoms with van der Waals surface area (Å²) >= 11 is 0. The van der Waals surface area contributed by atoms with E-state index in [-0.39, 0.29) is 17.6 Å². The van der Waals surface area contributed by atoms with Gasteiger partial charge in [-0.25, -0.2) is 4.98 Å². The predicted molar refractivity (Wildman–Crippen MR) is 138 cm³/mol. The molecule has 7 nitrogen and oxygen atoms in total. The molecule has 2 aromatic heterocycles. The van der Waals surface area contributed by atoms with E-state index in [9.17, 15) is 4.79 Å². The van der Waals surface area contributed by atoms with Crippen LogP contribution >= 0.6 is 0 Å². The molecule has 0 aliphatic heterocycles. The zero-order valence-corrected chi connectivity index (χ0v) is 19.7. The van der Waals surface area contributed by atoms with Crippen molar-refractivity contribution in [1.82, 2.24) is 15.0 Å². The number of anilines is 3. The van der Waals surface area contributed by atoms with Crippen molar-refractivity contribution in [2.24, 2.45) is 5.73 Å². The molecule has 4 N–H and O–H groups in total. The molecule has 174 valence electrons. The number of rotatable bonds is 8. The molecule has 0 saturated carbocycles. The monoisotopic (exact) mass is 454 g/mol. The van der Waals surface area contributed by atoms with Gasteiger partial charge in [0.15, 0.2) is 0 Å². The standard InChI is InChI=1S/C27H30N6O/c1-18(14-20-8-7-11-22(15-20)19(2)28)31-27-29-13-12-25(32-27)33(3)23-16-24(26(34)30-17-23)21-9-5-4-6-10-21/h4-13,15-19H,14,28H2,1-3H3,(H,30,34)(H,29,31,32)/t18-,19?/m0/s1. The topological polar surface area (TPSA) is 99.9 Å². The van der Waals surface area contributed by atoms with Gasteiger partial charge in [0.1, 0.15) is 5.82 Å². The van der Waals surface area contributed by atoms with Crippen LogP contribution in [-0.2, 0) is 6.42 Å². The van der Waals surface area contributed by atoms with Crippen LogP contribution in [0.4, 0.5) is 17.5 Å². The minimum Gasteiger partial charge on any atom is -0.351 e. The van der Waals surface area contributed by atoms with Gasteiger partial charge in [-0.1, -0.05) is 54.6 Å². The number of hydrogen-bond donors (Lipinski definition) is 3. The highest BCUT2D eigenvalue weighted by Crippen LogP contribution is 2.25. The highest BCUT2D eigenvalue weighted by molar-refractivity contribution is 5.69. The Morgan fingerprint density at radius 1 is 1.06 bits per heavy atom. The normalized spacial score (nSPS) is 12.7. The quantitative estimate of drug-likeness (QED) is 0.358. The Bertz CT molecular complexity index is 1300. The lowest BCUT2D eigenvalue weighted by atomic mass is 10.0. The van der Waals surface area contributed by atoms with E-state index in [0.29, 0.717) is 11.5 Å². The highest BCUT2D eigenvalue weighted by atomic mass is 16.1. The summed E-state index contributed by atoms with van der Waals surface area (Å²) in [6.45, 7) is 4.09. The summed E-state index contributed by atoms with van der Waals surface area (Å²) in [5, 5.41) is 3.39.